The highest BCUT2D eigenvalue weighted by Gasteiger charge is 2.23. The minimum Gasteiger partial charge on any atom is -0.336 e. The molecule has 1 saturated heterocycles. The average molecular weight is 368 g/mol. The third-order valence-electron chi connectivity index (χ3n) is 4.56. The minimum absolute atomic E-state index is 0.0303. The molecule has 0 radical (unpaired) electrons. The number of carbonyl (C=O) groups excluding carboxylic acids is 1. The van der Waals surface area contributed by atoms with Gasteiger partial charge in [-0.1, -0.05) is 13.8 Å². The Labute approximate surface area is 151 Å². The lowest BCUT2D eigenvalue weighted by Crippen LogP contribution is -2.49. The fourth-order valence-electron chi connectivity index (χ4n) is 2.78. The van der Waals surface area contributed by atoms with Crippen molar-refractivity contribution in [3.8, 4) is 0 Å². The van der Waals surface area contributed by atoms with Crippen LogP contribution in [0.25, 0.3) is 0 Å². The van der Waals surface area contributed by atoms with Gasteiger partial charge in [-0.2, -0.15) is 0 Å². The first-order chi connectivity index (χ1) is 11.7. The molecule has 140 valence electrons. The van der Waals surface area contributed by atoms with Gasteiger partial charge in [-0.25, -0.2) is 12.7 Å². The van der Waals surface area contributed by atoms with E-state index in [9.17, 15) is 13.2 Å². The second-order valence-electron chi connectivity index (χ2n) is 7.13. The fraction of sp³-hybridized carbons (Fsp3) is 0.611. The highest BCUT2D eigenvalue weighted by Crippen LogP contribution is 2.16. The largest absolute Gasteiger partial charge is 0.336 e. The normalized spacial score (nSPS) is 16.6. The Kier molecular flexibility index (Phi) is 6.59. The summed E-state index contributed by atoms with van der Waals surface area (Å²) in [6.45, 7) is 8.75. The average Bonchev–Trinajstić information content (AvgIpc) is 2.59. The summed E-state index contributed by atoms with van der Waals surface area (Å²) in [6.07, 6.45) is 1.18. The molecule has 1 aromatic carbocycles. The summed E-state index contributed by atoms with van der Waals surface area (Å²) >= 11 is 0. The van der Waals surface area contributed by atoms with Crippen molar-refractivity contribution in [2.45, 2.75) is 25.2 Å². The van der Waals surface area contributed by atoms with E-state index in [1.807, 2.05) is 4.90 Å². The summed E-state index contributed by atoms with van der Waals surface area (Å²) in [5.41, 5.74) is 0.535. The molecule has 0 N–H and O–H groups in total. The predicted octanol–water partition coefficient (Wildman–Crippen LogP) is 1.74. The van der Waals surface area contributed by atoms with Crippen LogP contribution >= 0.6 is 0 Å². The van der Waals surface area contributed by atoms with Crippen molar-refractivity contribution in [2.24, 2.45) is 5.92 Å². The van der Waals surface area contributed by atoms with E-state index >= 15 is 0 Å². The monoisotopic (exact) mass is 367 g/mol. The maximum Gasteiger partial charge on any atom is 0.253 e. The minimum atomic E-state index is -3.46. The van der Waals surface area contributed by atoms with Gasteiger partial charge in [-0.05, 0) is 43.1 Å². The zero-order chi connectivity index (χ0) is 18.6. The molecule has 1 fully saturated rings. The van der Waals surface area contributed by atoms with Crippen LogP contribution in [0, 0.1) is 5.92 Å². The summed E-state index contributed by atoms with van der Waals surface area (Å²) in [5.74, 6) is 0.661. The Balaban J connectivity index is 1.96. The maximum atomic E-state index is 12.6. The summed E-state index contributed by atoms with van der Waals surface area (Å²) in [7, 11) is -0.477. The van der Waals surface area contributed by atoms with Gasteiger partial charge in [-0.15, -0.1) is 0 Å². The lowest BCUT2D eigenvalue weighted by molar-refractivity contribution is 0.0631. The SMILES string of the molecule is CC(C)CCN1CCN(C(=O)c2ccc(S(=O)(=O)N(C)C)cc2)CC1. The molecule has 1 amide bonds. The van der Waals surface area contributed by atoms with E-state index in [4.69, 9.17) is 0 Å². The Hall–Kier alpha value is -1.44. The zero-order valence-corrected chi connectivity index (χ0v) is 16.4. The zero-order valence-electron chi connectivity index (χ0n) is 15.6. The van der Waals surface area contributed by atoms with E-state index in [0.717, 1.165) is 19.6 Å². The smallest absolute Gasteiger partial charge is 0.253 e. The Bertz CT molecular complexity index is 676. The second-order valence-corrected chi connectivity index (χ2v) is 9.28. The van der Waals surface area contributed by atoms with E-state index in [2.05, 4.69) is 18.7 Å². The van der Waals surface area contributed by atoms with Crippen molar-refractivity contribution in [3.63, 3.8) is 0 Å². The molecule has 6 nitrogen and oxygen atoms in total. The van der Waals surface area contributed by atoms with Gasteiger partial charge in [0.2, 0.25) is 10.0 Å². The predicted molar refractivity (Wildman–Crippen MR) is 99.1 cm³/mol. The first-order valence-corrected chi connectivity index (χ1v) is 10.2. The lowest BCUT2D eigenvalue weighted by atomic mass is 10.1. The van der Waals surface area contributed by atoms with Crippen LogP contribution in [0.1, 0.15) is 30.6 Å². The van der Waals surface area contributed by atoms with Crippen LogP contribution in [0.5, 0.6) is 0 Å². The van der Waals surface area contributed by atoms with Gasteiger partial charge in [0.25, 0.3) is 5.91 Å². The van der Waals surface area contributed by atoms with Crippen molar-refractivity contribution in [1.29, 1.82) is 0 Å². The van der Waals surface area contributed by atoms with Crippen molar-refractivity contribution in [2.75, 3.05) is 46.8 Å². The Morgan fingerprint density at radius 2 is 1.64 bits per heavy atom. The molecule has 0 unspecified atom stereocenters. The van der Waals surface area contributed by atoms with Crippen LogP contribution in [0.2, 0.25) is 0 Å². The number of amides is 1. The number of nitrogens with zero attached hydrogens (tertiary/aromatic N) is 3. The maximum absolute atomic E-state index is 12.6. The molecule has 25 heavy (non-hydrogen) atoms. The Morgan fingerprint density at radius 1 is 1.08 bits per heavy atom. The van der Waals surface area contributed by atoms with Crippen molar-refractivity contribution in [3.05, 3.63) is 29.8 Å². The molecule has 1 aliphatic heterocycles. The van der Waals surface area contributed by atoms with Crippen molar-refractivity contribution >= 4 is 15.9 Å². The third-order valence-corrected chi connectivity index (χ3v) is 6.39. The molecule has 1 heterocycles. The van der Waals surface area contributed by atoms with Crippen LogP contribution in [-0.4, -0.2) is 75.2 Å². The van der Waals surface area contributed by atoms with Gasteiger partial charge in [0.15, 0.2) is 0 Å². The number of hydrogen-bond acceptors (Lipinski definition) is 4. The van der Waals surface area contributed by atoms with E-state index < -0.39 is 10.0 Å². The molecule has 0 aromatic heterocycles. The summed E-state index contributed by atoms with van der Waals surface area (Å²) in [5, 5.41) is 0. The fourth-order valence-corrected chi connectivity index (χ4v) is 3.68. The van der Waals surface area contributed by atoms with Crippen LogP contribution in [0.4, 0.5) is 0 Å². The van der Waals surface area contributed by atoms with Gasteiger partial charge in [0.05, 0.1) is 4.90 Å². The van der Waals surface area contributed by atoms with E-state index in [1.165, 1.54) is 37.0 Å². The number of rotatable bonds is 6. The highest BCUT2D eigenvalue weighted by molar-refractivity contribution is 7.89. The van der Waals surface area contributed by atoms with Crippen LogP contribution in [0.15, 0.2) is 29.2 Å². The molecule has 7 heteroatoms. The highest BCUT2D eigenvalue weighted by atomic mass is 32.2. The van der Waals surface area contributed by atoms with Gasteiger partial charge in [0.1, 0.15) is 0 Å². The first kappa shape index (κ1) is 19.9. The Morgan fingerprint density at radius 3 is 2.12 bits per heavy atom. The number of piperazine rings is 1. The van der Waals surface area contributed by atoms with Gasteiger partial charge in [-0.3, -0.25) is 9.69 Å². The molecule has 1 aliphatic rings. The third kappa shape index (κ3) is 5.03. The molecule has 0 bridgehead atoms. The van der Waals surface area contributed by atoms with E-state index in [0.29, 0.717) is 24.6 Å². The number of carbonyl (C=O) groups is 1. The summed E-state index contributed by atoms with van der Waals surface area (Å²) in [6, 6.07) is 6.20. The van der Waals surface area contributed by atoms with Gasteiger partial charge >= 0.3 is 0 Å². The quantitative estimate of drug-likeness (QED) is 0.768. The molecular formula is C18H29N3O3S. The number of hydrogen-bond donors (Lipinski definition) is 0. The molecular weight excluding hydrogens is 338 g/mol. The van der Waals surface area contributed by atoms with Gasteiger partial charge < -0.3 is 4.90 Å². The topological polar surface area (TPSA) is 60.9 Å². The van der Waals surface area contributed by atoms with Crippen LogP contribution < -0.4 is 0 Å². The van der Waals surface area contributed by atoms with Crippen molar-refractivity contribution < 1.29 is 13.2 Å². The molecule has 0 atom stereocenters. The van der Waals surface area contributed by atoms with Crippen molar-refractivity contribution in [1.82, 2.24) is 14.1 Å². The van der Waals surface area contributed by atoms with E-state index in [1.54, 1.807) is 12.1 Å². The summed E-state index contributed by atoms with van der Waals surface area (Å²) in [4.78, 5) is 17.1. The van der Waals surface area contributed by atoms with E-state index in [-0.39, 0.29) is 10.8 Å². The van der Waals surface area contributed by atoms with Crippen LogP contribution in [-0.2, 0) is 10.0 Å². The molecule has 0 saturated carbocycles. The number of benzene rings is 1. The summed E-state index contributed by atoms with van der Waals surface area (Å²) < 4.78 is 25.3. The molecule has 0 spiro atoms. The van der Waals surface area contributed by atoms with Crippen LogP contribution in [0.3, 0.4) is 0 Å². The van der Waals surface area contributed by atoms with Gasteiger partial charge in [0, 0.05) is 45.8 Å². The molecule has 2 rings (SSSR count). The second kappa shape index (κ2) is 8.29. The molecule has 0 aliphatic carbocycles. The standard InChI is InChI=1S/C18H29N3O3S/c1-15(2)9-10-20-11-13-21(14-12-20)18(22)16-5-7-17(8-6-16)25(23,24)19(3)4/h5-8,15H,9-14H2,1-4H3. The number of sulfonamides is 1. The lowest BCUT2D eigenvalue weighted by Gasteiger charge is -2.35. The molecule has 1 aromatic rings. The first-order valence-electron chi connectivity index (χ1n) is 8.76.